The van der Waals surface area contributed by atoms with Crippen LogP contribution in [0.5, 0.6) is 11.5 Å². The topological polar surface area (TPSA) is 57.0 Å². The summed E-state index contributed by atoms with van der Waals surface area (Å²) in [6, 6.07) is 6.53. The summed E-state index contributed by atoms with van der Waals surface area (Å²) in [4.78, 5) is 2.44. The normalized spacial score (nSPS) is 21.0. The van der Waals surface area contributed by atoms with Crippen LogP contribution in [0.4, 0.5) is 0 Å². The number of morpholine rings is 1. The predicted molar refractivity (Wildman–Crippen MR) is 82.9 cm³/mol. The Morgan fingerprint density at radius 1 is 1.29 bits per heavy atom. The lowest BCUT2D eigenvalue weighted by Crippen LogP contribution is -2.48. The lowest BCUT2D eigenvalue weighted by molar-refractivity contribution is -0.0291. The van der Waals surface area contributed by atoms with Crippen LogP contribution in [-0.2, 0) is 4.74 Å². The van der Waals surface area contributed by atoms with E-state index in [4.69, 9.17) is 19.9 Å². The number of nitrogens with zero attached hydrogens (tertiary/aromatic N) is 1. The van der Waals surface area contributed by atoms with E-state index in [-0.39, 0.29) is 6.04 Å². The van der Waals surface area contributed by atoms with Crippen molar-refractivity contribution in [3.8, 4) is 11.5 Å². The Morgan fingerprint density at radius 3 is 2.48 bits per heavy atom. The van der Waals surface area contributed by atoms with Crippen LogP contribution in [0.25, 0.3) is 0 Å². The molecule has 0 bridgehead atoms. The molecule has 1 aromatic carbocycles. The number of rotatable bonds is 6. The first-order chi connectivity index (χ1) is 10.2. The third-order valence-corrected chi connectivity index (χ3v) is 4.13. The van der Waals surface area contributed by atoms with Gasteiger partial charge in [0.2, 0.25) is 0 Å². The van der Waals surface area contributed by atoms with Crippen LogP contribution < -0.4 is 15.2 Å². The minimum absolute atomic E-state index is 0.155. The molecule has 118 valence electrons. The van der Waals surface area contributed by atoms with E-state index in [0.29, 0.717) is 12.6 Å². The van der Waals surface area contributed by atoms with Crippen molar-refractivity contribution in [2.45, 2.75) is 25.4 Å². The highest BCUT2D eigenvalue weighted by Crippen LogP contribution is 2.31. The molecular weight excluding hydrogens is 268 g/mol. The molecule has 2 unspecified atom stereocenters. The second-order valence-corrected chi connectivity index (χ2v) is 5.27. The van der Waals surface area contributed by atoms with Crippen molar-refractivity contribution < 1.29 is 14.2 Å². The van der Waals surface area contributed by atoms with Crippen LogP contribution in [0, 0.1) is 0 Å². The van der Waals surface area contributed by atoms with E-state index < -0.39 is 0 Å². The van der Waals surface area contributed by atoms with E-state index in [9.17, 15) is 0 Å². The van der Waals surface area contributed by atoms with E-state index in [2.05, 4.69) is 11.8 Å². The molecule has 1 aromatic rings. The Balaban J connectivity index is 2.31. The van der Waals surface area contributed by atoms with Crippen LogP contribution in [-0.4, -0.2) is 51.5 Å². The highest BCUT2D eigenvalue weighted by atomic mass is 16.5. The van der Waals surface area contributed by atoms with Gasteiger partial charge >= 0.3 is 0 Å². The summed E-state index contributed by atoms with van der Waals surface area (Å²) in [5, 5.41) is 0. The van der Waals surface area contributed by atoms with E-state index in [1.165, 1.54) is 0 Å². The number of nitrogens with two attached hydrogens (primary N) is 1. The van der Waals surface area contributed by atoms with Gasteiger partial charge in [-0.3, -0.25) is 4.90 Å². The van der Waals surface area contributed by atoms with Crippen molar-refractivity contribution in [2.75, 3.05) is 40.5 Å². The number of benzene rings is 1. The standard InChI is InChI=1S/C16H26N2O3/c1-4-13-11-21-6-5-18(13)16(10-17)12-7-14(19-2)9-15(8-12)20-3/h7-9,13,16H,4-6,10-11,17H2,1-3H3. The lowest BCUT2D eigenvalue weighted by Gasteiger charge is -2.40. The van der Waals surface area contributed by atoms with Gasteiger partial charge in [-0.2, -0.15) is 0 Å². The Hall–Kier alpha value is -1.30. The second-order valence-electron chi connectivity index (χ2n) is 5.27. The number of hydrogen-bond donors (Lipinski definition) is 1. The lowest BCUT2D eigenvalue weighted by atomic mass is 10.0. The van der Waals surface area contributed by atoms with E-state index in [0.717, 1.165) is 43.2 Å². The van der Waals surface area contributed by atoms with Crippen LogP contribution in [0.15, 0.2) is 18.2 Å². The molecule has 2 atom stereocenters. The molecule has 0 saturated carbocycles. The van der Waals surface area contributed by atoms with E-state index >= 15 is 0 Å². The van der Waals surface area contributed by atoms with Gasteiger partial charge in [-0.1, -0.05) is 6.92 Å². The number of methoxy groups -OCH3 is 2. The van der Waals surface area contributed by atoms with Crippen molar-refractivity contribution in [3.05, 3.63) is 23.8 Å². The summed E-state index contributed by atoms with van der Waals surface area (Å²) < 4.78 is 16.3. The van der Waals surface area contributed by atoms with Crippen LogP contribution in [0.1, 0.15) is 24.9 Å². The molecule has 1 aliphatic rings. The van der Waals surface area contributed by atoms with Gasteiger partial charge in [-0.15, -0.1) is 0 Å². The quantitative estimate of drug-likeness (QED) is 0.867. The van der Waals surface area contributed by atoms with Crippen molar-refractivity contribution in [3.63, 3.8) is 0 Å². The number of ether oxygens (including phenoxy) is 3. The zero-order valence-corrected chi connectivity index (χ0v) is 13.2. The molecule has 1 aliphatic heterocycles. The zero-order valence-electron chi connectivity index (χ0n) is 13.2. The molecule has 5 heteroatoms. The third-order valence-electron chi connectivity index (χ3n) is 4.13. The summed E-state index contributed by atoms with van der Waals surface area (Å²) in [5.74, 6) is 1.59. The fraction of sp³-hybridized carbons (Fsp3) is 0.625. The van der Waals surface area contributed by atoms with Gasteiger partial charge in [0.1, 0.15) is 11.5 Å². The molecule has 0 amide bonds. The third kappa shape index (κ3) is 3.67. The van der Waals surface area contributed by atoms with Crippen molar-refractivity contribution >= 4 is 0 Å². The Morgan fingerprint density at radius 2 is 1.95 bits per heavy atom. The molecule has 0 spiro atoms. The Bertz CT molecular complexity index is 431. The predicted octanol–water partition coefficient (Wildman–Crippen LogP) is 1.81. The van der Waals surface area contributed by atoms with Crippen LogP contribution >= 0.6 is 0 Å². The maximum Gasteiger partial charge on any atom is 0.122 e. The maximum absolute atomic E-state index is 6.07. The molecule has 2 N–H and O–H groups in total. The second kappa shape index (κ2) is 7.64. The SMILES string of the molecule is CCC1COCCN1C(CN)c1cc(OC)cc(OC)c1. The zero-order chi connectivity index (χ0) is 15.2. The molecule has 0 radical (unpaired) electrons. The summed E-state index contributed by atoms with van der Waals surface area (Å²) in [7, 11) is 3.33. The molecule has 5 nitrogen and oxygen atoms in total. The molecule has 2 rings (SSSR count). The van der Waals surface area contributed by atoms with Gasteiger partial charge in [-0.05, 0) is 24.1 Å². The van der Waals surface area contributed by atoms with Crippen molar-refractivity contribution in [2.24, 2.45) is 5.73 Å². The van der Waals surface area contributed by atoms with Gasteiger partial charge in [0.05, 0.1) is 27.4 Å². The summed E-state index contributed by atoms with van der Waals surface area (Å²) in [5.41, 5.74) is 7.20. The first-order valence-corrected chi connectivity index (χ1v) is 7.50. The van der Waals surface area contributed by atoms with Gasteiger partial charge in [0, 0.05) is 31.2 Å². The minimum atomic E-state index is 0.155. The van der Waals surface area contributed by atoms with E-state index in [1.54, 1.807) is 14.2 Å². The highest BCUT2D eigenvalue weighted by Gasteiger charge is 2.29. The van der Waals surface area contributed by atoms with Gasteiger partial charge in [0.15, 0.2) is 0 Å². The van der Waals surface area contributed by atoms with Gasteiger partial charge in [0.25, 0.3) is 0 Å². The summed E-state index contributed by atoms with van der Waals surface area (Å²) in [6.45, 7) is 5.18. The van der Waals surface area contributed by atoms with E-state index in [1.807, 2.05) is 18.2 Å². The van der Waals surface area contributed by atoms with Crippen molar-refractivity contribution in [1.82, 2.24) is 4.90 Å². The largest absolute Gasteiger partial charge is 0.497 e. The average molecular weight is 294 g/mol. The fourth-order valence-corrected chi connectivity index (χ4v) is 2.92. The van der Waals surface area contributed by atoms with Crippen molar-refractivity contribution in [1.29, 1.82) is 0 Å². The molecule has 1 heterocycles. The fourth-order valence-electron chi connectivity index (χ4n) is 2.92. The first-order valence-electron chi connectivity index (χ1n) is 7.50. The Kier molecular flexibility index (Phi) is 5.85. The minimum Gasteiger partial charge on any atom is -0.497 e. The maximum atomic E-state index is 6.07. The molecular formula is C16H26N2O3. The molecule has 0 aromatic heterocycles. The monoisotopic (exact) mass is 294 g/mol. The molecule has 0 aliphatic carbocycles. The average Bonchev–Trinajstić information content (AvgIpc) is 2.55. The Labute approximate surface area is 127 Å². The number of hydrogen-bond acceptors (Lipinski definition) is 5. The van der Waals surface area contributed by atoms with Gasteiger partial charge < -0.3 is 19.9 Å². The van der Waals surface area contributed by atoms with Crippen LogP contribution in [0.2, 0.25) is 0 Å². The smallest absolute Gasteiger partial charge is 0.122 e. The van der Waals surface area contributed by atoms with Gasteiger partial charge in [-0.25, -0.2) is 0 Å². The summed E-state index contributed by atoms with van der Waals surface area (Å²) in [6.07, 6.45) is 1.05. The molecule has 1 saturated heterocycles. The summed E-state index contributed by atoms with van der Waals surface area (Å²) >= 11 is 0. The highest BCUT2D eigenvalue weighted by molar-refractivity contribution is 5.40. The molecule has 21 heavy (non-hydrogen) atoms. The van der Waals surface area contributed by atoms with Crippen LogP contribution in [0.3, 0.4) is 0 Å². The first kappa shape index (κ1) is 16.1. The molecule has 1 fully saturated rings.